The van der Waals surface area contributed by atoms with Gasteiger partial charge >= 0.3 is 5.97 Å². The maximum Gasteiger partial charge on any atom is 0.339 e. The first-order valence-electron chi connectivity index (χ1n) is 11.3. The van der Waals surface area contributed by atoms with E-state index < -0.39 is 12.1 Å². The van der Waals surface area contributed by atoms with Gasteiger partial charge in [0.05, 0.1) is 20.3 Å². The third kappa shape index (κ3) is 5.40. The van der Waals surface area contributed by atoms with E-state index >= 15 is 0 Å². The molecule has 1 unspecified atom stereocenters. The first-order valence-corrected chi connectivity index (χ1v) is 11.3. The summed E-state index contributed by atoms with van der Waals surface area (Å²) in [6, 6.07) is 10.2. The van der Waals surface area contributed by atoms with Gasteiger partial charge in [-0.1, -0.05) is 32.4 Å². The van der Waals surface area contributed by atoms with Gasteiger partial charge in [0.2, 0.25) is 0 Å². The second-order valence-electron chi connectivity index (χ2n) is 7.92. The Labute approximate surface area is 185 Å². The predicted octanol–water partition coefficient (Wildman–Crippen LogP) is 5.81. The first kappa shape index (κ1) is 23.1. The van der Waals surface area contributed by atoms with Crippen molar-refractivity contribution in [2.75, 3.05) is 26.9 Å². The molecule has 0 spiro atoms. The summed E-state index contributed by atoms with van der Waals surface area (Å²) in [4.78, 5) is 12.8. The number of esters is 1. The molecule has 1 aliphatic heterocycles. The molecule has 0 saturated carbocycles. The van der Waals surface area contributed by atoms with Crippen molar-refractivity contribution in [3.63, 3.8) is 0 Å². The van der Waals surface area contributed by atoms with Crippen LogP contribution < -0.4 is 9.47 Å². The lowest BCUT2D eigenvalue weighted by molar-refractivity contribution is -0.154. The maximum atomic E-state index is 12.8. The molecule has 2 aromatic rings. The number of aryl methyl sites for hydroxylation is 2. The lowest BCUT2D eigenvalue weighted by Gasteiger charge is -2.25. The second-order valence-corrected chi connectivity index (χ2v) is 7.92. The van der Waals surface area contributed by atoms with E-state index in [9.17, 15) is 4.79 Å². The number of rotatable bonds is 10. The highest BCUT2D eigenvalue weighted by molar-refractivity contribution is 5.85. The van der Waals surface area contributed by atoms with Crippen LogP contribution >= 0.6 is 0 Å². The highest BCUT2D eigenvalue weighted by atomic mass is 16.6. The van der Waals surface area contributed by atoms with Crippen LogP contribution in [0.4, 0.5) is 0 Å². The molecule has 0 bridgehead atoms. The number of unbranched alkanes of at least 4 members (excludes halogenated alkanes) is 1. The van der Waals surface area contributed by atoms with Gasteiger partial charge in [-0.15, -0.1) is 0 Å². The van der Waals surface area contributed by atoms with Crippen molar-refractivity contribution in [2.45, 2.75) is 59.0 Å². The number of methoxy groups -OCH3 is 1. The molecule has 0 saturated heterocycles. The number of hydrogen-bond acceptors (Lipinski definition) is 5. The zero-order valence-electron chi connectivity index (χ0n) is 19.2. The molecule has 0 amide bonds. The van der Waals surface area contributed by atoms with Crippen LogP contribution in [0.1, 0.15) is 62.3 Å². The van der Waals surface area contributed by atoms with Crippen molar-refractivity contribution < 1.29 is 23.7 Å². The summed E-state index contributed by atoms with van der Waals surface area (Å²) in [7, 11) is 1.40. The van der Waals surface area contributed by atoms with E-state index in [1.54, 1.807) is 0 Å². The topological polar surface area (TPSA) is 54.0 Å². The highest BCUT2D eigenvalue weighted by Crippen LogP contribution is 2.42. The van der Waals surface area contributed by atoms with Crippen LogP contribution in [0.5, 0.6) is 11.5 Å². The van der Waals surface area contributed by atoms with Crippen molar-refractivity contribution >= 4 is 5.97 Å². The third-order valence-corrected chi connectivity index (χ3v) is 5.54. The van der Waals surface area contributed by atoms with Crippen LogP contribution in [0.3, 0.4) is 0 Å². The molecule has 0 fully saturated rings. The molecule has 168 valence electrons. The van der Waals surface area contributed by atoms with Gasteiger partial charge in [-0.25, -0.2) is 4.79 Å². The van der Waals surface area contributed by atoms with Gasteiger partial charge in [0.25, 0.3) is 0 Å². The van der Waals surface area contributed by atoms with Crippen molar-refractivity contribution in [1.29, 1.82) is 0 Å². The minimum atomic E-state index is -0.804. The van der Waals surface area contributed by atoms with Crippen LogP contribution in [0, 0.1) is 6.92 Å². The Hall–Kier alpha value is -2.53. The van der Waals surface area contributed by atoms with Crippen LogP contribution in [-0.4, -0.2) is 32.9 Å². The molecule has 0 aromatic heterocycles. The Morgan fingerprint density at radius 2 is 1.97 bits per heavy atom. The Bertz CT molecular complexity index is 890. The number of ether oxygens (including phenoxy) is 4. The van der Waals surface area contributed by atoms with Gasteiger partial charge in [0, 0.05) is 17.7 Å². The van der Waals surface area contributed by atoms with Crippen molar-refractivity contribution in [2.24, 2.45) is 0 Å². The molecule has 5 nitrogen and oxygen atoms in total. The Morgan fingerprint density at radius 1 is 1.13 bits per heavy atom. The van der Waals surface area contributed by atoms with Gasteiger partial charge in [-0.2, -0.15) is 0 Å². The molecule has 0 radical (unpaired) electrons. The Kier molecular flexibility index (Phi) is 8.35. The summed E-state index contributed by atoms with van der Waals surface area (Å²) >= 11 is 0. The fourth-order valence-electron chi connectivity index (χ4n) is 3.91. The zero-order valence-corrected chi connectivity index (χ0v) is 19.2. The van der Waals surface area contributed by atoms with E-state index in [-0.39, 0.29) is 0 Å². The summed E-state index contributed by atoms with van der Waals surface area (Å²) in [5.74, 6) is 1.30. The van der Waals surface area contributed by atoms with Gasteiger partial charge < -0.3 is 18.9 Å². The molecule has 1 atom stereocenters. The summed E-state index contributed by atoms with van der Waals surface area (Å²) in [6.07, 6.45) is 4.00. The van der Waals surface area contributed by atoms with Crippen molar-refractivity contribution in [3.05, 3.63) is 47.0 Å². The van der Waals surface area contributed by atoms with E-state index in [0.717, 1.165) is 72.5 Å². The fraction of sp³-hybridized carbons (Fsp3) is 0.500. The molecule has 31 heavy (non-hydrogen) atoms. The van der Waals surface area contributed by atoms with E-state index in [2.05, 4.69) is 13.0 Å². The molecular weight excluding hydrogens is 392 g/mol. The van der Waals surface area contributed by atoms with Crippen molar-refractivity contribution in [3.8, 4) is 22.6 Å². The highest BCUT2D eigenvalue weighted by Gasteiger charge is 2.29. The average molecular weight is 427 g/mol. The molecule has 1 aliphatic rings. The van der Waals surface area contributed by atoms with Gasteiger partial charge in [-0.05, 0) is 67.5 Å². The van der Waals surface area contributed by atoms with Gasteiger partial charge in [0.15, 0.2) is 6.10 Å². The molecule has 0 aliphatic carbocycles. The molecule has 2 aromatic carbocycles. The predicted molar refractivity (Wildman–Crippen MR) is 122 cm³/mol. The van der Waals surface area contributed by atoms with Crippen LogP contribution in [-0.2, 0) is 20.7 Å². The maximum absolute atomic E-state index is 12.8. The van der Waals surface area contributed by atoms with Crippen LogP contribution in [0.25, 0.3) is 11.1 Å². The first-order chi connectivity index (χ1) is 15.1. The third-order valence-electron chi connectivity index (χ3n) is 5.54. The lowest BCUT2D eigenvalue weighted by atomic mass is 9.89. The monoisotopic (exact) mass is 426 g/mol. The quantitative estimate of drug-likeness (QED) is 0.355. The summed E-state index contributed by atoms with van der Waals surface area (Å²) in [6.45, 7) is 8.01. The van der Waals surface area contributed by atoms with Crippen molar-refractivity contribution in [1.82, 2.24) is 0 Å². The lowest BCUT2D eigenvalue weighted by Crippen LogP contribution is -2.20. The fourth-order valence-corrected chi connectivity index (χ4v) is 3.91. The minimum Gasteiger partial charge on any atom is -0.493 e. The Morgan fingerprint density at radius 3 is 2.71 bits per heavy atom. The minimum absolute atomic E-state index is 0.398. The van der Waals surface area contributed by atoms with E-state index in [1.165, 1.54) is 12.7 Å². The van der Waals surface area contributed by atoms with Crippen LogP contribution in [0.15, 0.2) is 30.3 Å². The summed E-state index contributed by atoms with van der Waals surface area (Å²) in [5.41, 5.74) is 4.86. The van der Waals surface area contributed by atoms with E-state index in [1.807, 2.05) is 38.1 Å². The number of benzene rings is 2. The average Bonchev–Trinajstić information content (AvgIpc) is 2.80. The van der Waals surface area contributed by atoms with E-state index in [4.69, 9.17) is 18.9 Å². The SMILES string of the molecule is CCCCOc1ccc(C)c(C(OCCC)C(=O)OC)c1-c1ccc2c(c1)CCCO2. The summed E-state index contributed by atoms with van der Waals surface area (Å²) < 4.78 is 23.1. The smallest absolute Gasteiger partial charge is 0.339 e. The van der Waals surface area contributed by atoms with Crippen LogP contribution in [0.2, 0.25) is 0 Å². The largest absolute Gasteiger partial charge is 0.493 e. The number of carbonyl (C=O) groups is 1. The molecule has 5 heteroatoms. The van der Waals surface area contributed by atoms with E-state index in [0.29, 0.717) is 13.2 Å². The molecule has 1 heterocycles. The standard InChI is InChI=1S/C26H34O5/c1-5-7-15-30-22-12-10-18(3)23(25(26(27)28-4)31-14-6-2)24(22)20-11-13-21-19(17-20)9-8-16-29-21/h10-13,17,25H,5-9,14-16H2,1-4H3. The zero-order chi connectivity index (χ0) is 22.2. The second kappa shape index (κ2) is 11.2. The number of fused-ring (bicyclic) bond motifs is 1. The molecule has 0 N–H and O–H groups in total. The van der Waals surface area contributed by atoms with Gasteiger partial charge in [-0.3, -0.25) is 0 Å². The summed E-state index contributed by atoms with van der Waals surface area (Å²) in [5, 5.41) is 0. The number of carbonyl (C=O) groups excluding carboxylic acids is 1. The Balaban J connectivity index is 2.16. The normalized spacial score (nSPS) is 13.8. The molecular formula is C26H34O5. The van der Waals surface area contributed by atoms with Gasteiger partial charge in [0.1, 0.15) is 11.5 Å². The molecule has 3 rings (SSSR count). The number of hydrogen-bond donors (Lipinski definition) is 0.